The van der Waals surface area contributed by atoms with Gasteiger partial charge in [0.25, 0.3) is 0 Å². The molecular weight excluding hydrogens is 178 g/mol. The van der Waals surface area contributed by atoms with E-state index >= 15 is 0 Å². The number of carbonyl (C=O) groups is 2. The molecule has 1 rings (SSSR count). The van der Waals surface area contributed by atoms with Crippen molar-refractivity contribution in [3.05, 3.63) is 0 Å². The van der Waals surface area contributed by atoms with Gasteiger partial charge in [-0.2, -0.15) is 0 Å². The zero-order chi connectivity index (χ0) is 9.14. The van der Waals surface area contributed by atoms with Crippen LogP contribution in [0.4, 0.5) is 0 Å². The number of carbonyl (C=O) groups excluding carboxylic acids is 2. The van der Waals surface area contributed by atoms with Gasteiger partial charge < -0.3 is 5.11 Å². The average molecular weight is 189 g/mol. The van der Waals surface area contributed by atoms with Crippen LogP contribution in [0.3, 0.4) is 0 Å². The first-order chi connectivity index (χ1) is 5.61. The van der Waals surface area contributed by atoms with Crippen LogP contribution in [0.1, 0.15) is 6.92 Å². The van der Waals surface area contributed by atoms with E-state index in [2.05, 4.69) is 0 Å². The van der Waals surface area contributed by atoms with E-state index in [1.165, 1.54) is 11.8 Å². The van der Waals surface area contributed by atoms with Crippen molar-refractivity contribution in [1.82, 2.24) is 4.90 Å². The molecule has 0 aromatic heterocycles. The van der Waals surface area contributed by atoms with Gasteiger partial charge in [0.15, 0.2) is 0 Å². The number of aliphatic hydroxyl groups is 1. The zero-order valence-electron chi connectivity index (χ0n) is 6.82. The molecule has 68 valence electrons. The van der Waals surface area contributed by atoms with Crippen LogP contribution in [-0.2, 0) is 9.59 Å². The van der Waals surface area contributed by atoms with E-state index in [-0.39, 0.29) is 18.4 Å². The van der Waals surface area contributed by atoms with Gasteiger partial charge in [-0.15, -0.1) is 11.8 Å². The predicted molar refractivity (Wildman–Crippen MR) is 45.7 cm³/mol. The molecule has 1 aliphatic heterocycles. The zero-order valence-corrected chi connectivity index (χ0v) is 7.63. The normalized spacial score (nSPS) is 21.3. The van der Waals surface area contributed by atoms with Crippen molar-refractivity contribution < 1.29 is 14.7 Å². The van der Waals surface area contributed by atoms with Crippen molar-refractivity contribution in [3.8, 4) is 0 Å². The number of hydrogen-bond acceptors (Lipinski definition) is 4. The maximum absolute atomic E-state index is 11.1. The molecule has 0 aromatic carbocycles. The molecule has 4 nitrogen and oxygen atoms in total. The SMILES string of the molecule is CC(O)CN1C(=O)CSCC1=O. The van der Waals surface area contributed by atoms with Crippen LogP contribution in [0, 0.1) is 0 Å². The molecule has 0 aromatic rings. The first-order valence-corrected chi connectivity index (χ1v) is 4.85. The number of thioether (sulfide) groups is 1. The summed E-state index contributed by atoms with van der Waals surface area (Å²) in [6.45, 7) is 1.68. The lowest BCUT2D eigenvalue weighted by atomic mass is 10.3. The summed E-state index contributed by atoms with van der Waals surface area (Å²) < 4.78 is 0. The second-order valence-electron chi connectivity index (χ2n) is 2.74. The molecular formula is C7H11NO3S. The highest BCUT2D eigenvalue weighted by Crippen LogP contribution is 2.12. The molecule has 1 saturated heterocycles. The third kappa shape index (κ3) is 2.22. The van der Waals surface area contributed by atoms with Gasteiger partial charge in [0.2, 0.25) is 11.8 Å². The maximum Gasteiger partial charge on any atom is 0.239 e. The fourth-order valence-corrected chi connectivity index (χ4v) is 1.75. The van der Waals surface area contributed by atoms with Crippen molar-refractivity contribution >= 4 is 23.6 Å². The number of imide groups is 1. The molecule has 12 heavy (non-hydrogen) atoms. The Morgan fingerprint density at radius 3 is 2.42 bits per heavy atom. The molecule has 1 heterocycles. The van der Waals surface area contributed by atoms with E-state index in [9.17, 15) is 9.59 Å². The largest absolute Gasteiger partial charge is 0.392 e. The second-order valence-corrected chi connectivity index (χ2v) is 3.73. The summed E-state index contributed by atoms with van der Waals surface area (Å²) in [7, 11) is 0. The van der Waals surface area contributed by atoms with Gasteiger partial charge in [0.1, 0.15) is 0 Å². The van der Waals surface area contributed by atoms with E-state index in [4.69, 9.17) is 5.11 Å². The van der Waals surface area contributed by atoms with Gasteiger partial charge >= 0.3 is 0 Å². The lowest BCUT2D eigenvalue weighted by Gasteiger charge is -2.25. The number of nitrogens with zero attached hydrogens (tertiary/aromatic N) is 1. The summed E-state index contributed by atoms with van der Waals surface area (Å²) >= 11 is 1.32. The number of aliphatic hydroxyl groups excluding tert-OH is 1. The topological polar surface area (TPSA) is 57.6 Å². The molecule has 0 spiro atoms. The smallest absolute Gasteiger partial charge is 0.239 e. The molecule has 2 amide bonds. The number of hydrogen-bond donors (Lipinski definition) is 1. The Balaban J connectivity index is 2.57. The molecule has 1 N–H and O–H groups in total. The van der Waals surface area contributed by atoms with Gasteiger partial charge in [0, 0.05) is 0 Å². The van der Waals surface area contributed by atoms with Crippen LogP contribution in [0.5, 0.6) is 0 Å². The summed E-state index contributed by atoms with van der Waals surface area (Å²) in [5.41, 5.74) is 0. The van der Waals surface area contributed by atoms with Crippen LogP contribution in [0.2, 0.25) is 0 Å². The Morgan fingerprint density at radius 2 is 2.00 bits per heavy atom. The molecule has 1 aliphatic rings. The molecule has 5 heteroatoms. The fraction of sp³-hybridized carbons (Fsp3) is 0.714. The summed E-state index contributed by atoms with van der Waals surface area (Å²) in [4.78, 5) is 23.4. The molecule has 0 saturated carbocycles. The molecule has 0 radical (unpaired) electrons. The molecule has 0 aliphatic carbocycles. The monoisotopic (exact) mass is 189 g/mol. The highest BCUT2D eigenvalue weighted by atomic mass is 32.2. The standard InChI is InChI=1S/C7H11NO3S/c1-5(9)2-8-6(10)3-12-4-7(8)11/h5,9H,2-4H2,1H3. The Morgan fingerprint density at radius 1 is 1.50 bits per heavy atom. The van der Waals surface area contributed by atoms with Gasteiger partial charge in [-0.3, -0.25) is 14.5 Å². The summed E-state index contributed by atoms with van der Waals surface area (Å²) in [6.07, 6.45) is -0.638. The summed E-state index contributed by atoms with van der Waals surface area (Å²) in [5, 5.41) is 8.99. The Labute approximate surface area is 74.9 Å². The highest BCUT2D eigenvalue weighted by Gasteiger charge is 2.26. The van der Waals surface area contributed by atoms with Crippen molar-refractivity contribution in [3.63, 3.8) is 0 Å². The van der Waals surface area contributed by atoms with Crippen LogP contribution < -0.4 is 0 Å². The van der Waals surface area contributed by atoms with Crippen molar-refractivity contribution in [2.75, 3.05) is 18.1 Å². The lowest BCUT2D eigenvalue weighted by Crippen LogP contribution is -2.46. The van der Waals surface area contributed by atoms with Gasteiger partial charge in [-0.05, 0) is 6.92 Å². The Kier molecular flexibility index (Phi) is 3.11. The Hall–Kier alpha value is -0.550. The van der Waals surface area contributed by atoms with Crippen LogP contribution in [-0.4, -0.2) is 46.0 Å². The van der Waals surface area contributed by atoms with E-state index < -0.39 is 6.10 Å². The van der Waals surface area contributed by atoms with Crippen LogP contribution in [0.15, 0.2) is 0 Å². The lowest BCUT2D eigenvalue weighted by molar-refractivity contribution is -0.143. The van der Waals surface area contributed by atoms with Crippen LogP contribution in [0.25, 0.3) is 0 Å². The highest BCUT2D eigenvalue weighted by molar-refractivity contribution is 8.00. The van der Waals surface area contributed by atoms with Crippen LogP contribution >= 0.6 is 11.8 Å². The van der Waals surface area contributed by atoms with Crippen molar-refractivity contribution in [2.45, 2.75) is 13.0 Å². The minimum atomic E-state index is -0.638. The number of β-amino-alcohol motifs (C(OH)–C–C–N with tert-alkyl or cyclic N) is 1. The first kappa shape index (κ1) is 9.54. The maximum atomic E-state index is 11.1. The molecule has 1 atom stereocenters. The van der Waals surface area contributed by atoms with E-state index in [1.54, 1.807) is 6.92 Å². The minimum absolute atomic E-state index is 0.123. The number of rotatable bonds is 2. The minimum Gasteiger partial charge on any atom is -0.392 e. The first-order valence-electron chi connectivity index (χ1n) is 3.70. The van der Waals surface area contributed by atoms with Crippen molar-refractivity contribution in [2.24, 2.45) is 0 Å². The number of amides is 2. The Bertz CT molecular complexity index is 189. The summed E-state index contributed by atoms with van der Waals surface area (Å²) in [6, 6.07) is 0. The molecule has 1 fully saturated rings. The van der Waals surface area contributed by atoms with Gasteiger partial charge in [0.05, 0.1) is 24.2 Å². The predicted octanol–water partition coefficient (Wildman–Crippen LogP) is -0.531. The molecule has 0 bridgehead atoms. The van der Waals surface area contributed by atoms with Gasteiger partial charge in [-0.1, -0.05) is 0 Å². The summed E-state index contributed by atoms with van der Waals surface area (Å²) in [5.74, 6) is 0.297. The second kappa shape index (κ2) is 3.91. The van der Waals surface area contributed by atoms with Crippen molar-refractivity contribution in [1.29, 1.82) is 0 Å². The van der Waals surface area contributed by atoms with E-state index in [0.717, 1.165) is 4.90 Å². The molecule has 1 unspecified atom stereocenters. The third-order valence-corrected chi connectivity index (χ3v) is 2.40. The quantitative estimate of drug-likeness (QED) is 0.593. The average Bonchev–Trinajstić information content (AvgIpc) is 1.97. The fourth-order valence-electron chi connectivity index (χ4n) is 0.988. The van der Waals surface area contributed by atoms with E-state index in [0.29, 0.717) is 11.5 Å². The third-order valence-electron chi connectivity index (χ3n) is 1.50. The van der Waals surface area contributed by atoms with Gasteiger partial charge in [-0.25, -0.2) is 0 Å². The van der Waals surface area contributed by atoms with E-state index in [1.807, 2.05) is 0 Å².